The molecule has 1 unspecified atom stereocenters. The topological polar surface area (TPSA) is 83.0 Å². The fourth-order valence-electron chi connectivity index (χ4n) is 4.18. The van der Waals surface area contributed by atoms with Crippen molar-refractivity contribution in [2.24, 2.45) is 0 Å². The van der Waals surface area contributed by atoms with Crippen molar-refractivity contribution >= 4 is 23.1 Å². The average Bonchev–Trinajstić information content (AvgIpc) is 3.09. The van der Waals surface area contributed by atoms with E-state index in [9.17, 15) is 14.7 Å². The molecule has 34 heavy (non-hydrogen) atoms. The Morgan fingerprint density at radius 3 is 2.41 bits per heavy atom. The van der Waals surface area contributed by atoms with E-state index in [-0.39, 0.29) is 17.9 Å². The van der Waals surface area contributed by atoms with E-state index in [1.165, 1.54) is 4.90 Å². The number of rotatable bonds is 6. The summed E-state index contributed by atoms with van der Waals surface area (Å²) < 4.78 is 5.26. The second-order valence-electron chi connectivity index (χ2n) is 8.41. The molecule has 1 atom stereocenters. The van der Waals surface area contributed by atoms with E-state index in [1.807, 2.05) is 56.3 Å². The predicted molar refractivity (Wildman–Crippen MR) is 131 cm³/mol. The number of ether oxygens (including phenoxy) is 1. The Labute approximate surface area is 198 Å². The fraction of sp³-hybridized carbons (Fsp3) is 0.222. The summed E-state index contributed by atoms with van der Waals surface area (Å²) in [4.78, 5) is 34.2. The zero-order valence-corrected chi connectivity index (χ0v) is 19.6. The highest BCUT2D eigenvalue weighted by Crippen LogP contribution is 2.41. The SMILES string of the molecule is COc1ccc(/C(O)=C2/C(=O)C(=O)N(Cc3ccccn3)C2c2ccc(N(C)C)cc2)c(C)c1. The summed E-state index contributed by atoms with van der Waals surface area (Å²) in [6, 6.07) is 17.5. The molecule has 0 radical (unpaired) electrons. The normalized spacial score (nSPS) is 17.2. The molecule has 4 rings (SSSR count). The molecule has 0 spiro atoms. The van der Waals surface area contributed by atoms with Crippen LogP contribution in [0, 0.1) is 6.92 Å². The van der Waals surface area contributed by atoms with Gasteiger partial charge in [-0.25, -0.2) is 0 Å². The van der Waals surface area contributed by atoms with E-state index in [2.05, 4.69) is 4.98 Å². The monoisotopic (exact) mass is 457 g/mol. The largest absolute Gasteiger partial charge is 0.507 e. The van der Waals surface area contributed by atoms with Crippen molar-refractivity contribution < 1.29 is 19.4 Å². The highest BCUT2D eigenvalue weighted by Gasteiger charge is 2.46. The van der Waals surface area contributed by atoms with Gasteiger partial charge < -0.3 is 19.6 Å². The van der Waals surface area contributed by atoms with Gasteiger partial charge in [0.15, 0.2) is 0 Å². The maximum atomic E-state index is 13.3. The number of carbonyl (C=O) groups is 2. The Morgan fingerprint density at radius 2 is 1.82 bits per heavy atom. The number of hydrogen-bond donors (Lipinski definition) is 1. The summed E-state index contributed by atoms with van der Waals surface area (Å²) in [6.45, 7) is 1.96. The van der Waals surface area contributed by atoms with Crippen LogP contribution < -0.4 is 9.64 Å². The molecule has 0 aliphatic carbocycles. The highest BCUT2D eigenvalue weighted by molar-refractivity contribution is 6.46. The molecule has 1 aromatic heterocycles. The van der Waals surface area contributed by atoms with Crippen LogP contribution in [0.1, 0.15) is 28.4 Å². The number of amides is 1. The van der Waals surface area contributed by atoms with Crippen molar-refractivity contribution in [2.75, 3.05) is 26.1 Å². The first-order chi connectivity index (χ1) is 16.3. The van der Waals surface area contributed by atoms with Gasteiger partial charge in [0.05, 0.1) is 31.0 Å². The average molecular weight is 458 g/mol. The van der Waals surface area contributed by atoms with E-state index in [0.29, 0.717) is 17.0 Å². The van der Waals surface area contributed by atoms with Crippen LogP contribution in [0.25, 0.3) is 5.76 Å². The number of aliphatic hydroxyl groups excluding tert-OH is 1. The van der Waals surface area contributed by atoms with Gasteiger partial charge in [-0.05, 0) is 60.5 Å². The van der Waals surface area contributed by atoms with Crippen LogP contribution in [-0.2, 0) is 16.1 Å². The minimum absolute atomic E-state index is 0.0619. The highest BCUT2D eigenvalue weighted by atomic mass is 16.5. The van der Waals surface area contributed by atoms with Gasteiger partial charge in [-0.2, -0.15) is 0 Å². The Balaban J connectivity index is 1.87. The number of likely N-dealkylation sites (tertiary alicyclic amines) is 1. The number of aliphatic hydroxyl groups is 1. The number of aromatic nitrogens is 1. The van der Waals surface area contributed by atoms with Gasteiger partial charge in [0, 0.05) is 31.5 Å². The number of anilines is 1. The lowest BCUT2D eigenvalue weighted by Crippen LogP contribution is -2.29. The van der Waals surface area contributed by atoms with E-state index in [4.69, 9.17) is 4.74 Å². The lowest BCUT2D eigenvalue weighted by atomic mass is 9.93. The molecule has 7 heteroatoms. The van der Waals surface area contributed by atoms with Gasteiger partial charge in [-0.15, -0.1) is 0 Å². The number of benzene rings is 2. The van der Waals surface area contributed by atoms with Crippen LogP contribution in [0.4, 0.5) is 5.69 Å². The number of ketones is 1. The molecule has 1 aliphatic heterocycles. The van der Waals surface area contributed by atoms with Crippen LogP contribution in [0.15, 0.2) is 72.4 Å². The van der Waals surface area contributed by atoms with E-state index < -0.39 is 17.7 Å². The van der Waals surface area contributed by atoms with Gasteiger partial charge in [0.1, 0.15) is 11.5 Å². The Hall–Kier alpha value is -4.13. The van der Waals surface area contributed by atoms with Gasteiger partial charge in [-0.3, -0.25) is 14.6 Å². The maximum absolute atomic E-state index is 13.3. The molecule has 1 N–H and O–H groups in total. The number of pyridine rings is 1. The summed E-state index contributed by atoms with van der Waals surface area (Å²) in [6.07, 6.45) is 1.65. The van der Waals surface area contributed by atoms with E-state index in [1.54, 1.807) is 43.6 Å². The Morgan fingerprint density at radius 1 is 1.09 bits per heavy atom. The van der Waals surface area contributed by atoms with Crippen LogP contribution in [0.5, 0.6) is 5.75 Å². The van der Waals surface area contributed by atoms with Crippen LogP contribution in [0.3, 0.4) is 0 Å². The molecule has 2 heterocycles. The fourth-order valence-corrected chi connectivity index (χ4v) is 4.18. The summed E-state index contributed by atoms with van der Waals surface area (Å²) in [7, 11) is 5.44. The third-order valence-electron chi connectivity index (χ3n) is 6.01. The minimum atomic E-state index is -0.750. The number of nitrogens with zero attached hydrogens (tertiary/aromatic N) is 3. The Bertz CT molecular complexity index is 1250. The van der Waals surface area contributed by atoms with Crippen LogP contribution in [-0.4, -0.2) is 47.9 Å². The molecule has 1 saturated heterocycles. The second kappa shape index (κ2) is 9.39. The summed E-state index contributed by atoms with van der Waals surface area (Å²) in [5, 5.41) is 11.3. The smallest absolute Gasteiger partial charge is 0.296 e. The zero-order chi connectivity index (χ0) is 24.4. The first kappa shape index (κ1) is 23.0. The van der Waals surface area contributed by atoms with Crippen molar-refractivity contribution in [2.45, 2.75) is 19.5 Å². The molecule has 7 nitrogen and oxygen atoms in total. The standard InChI is InChI=1S/C27H27N3O4/c1-17-15-21(34-4)12-13-22(17)25(31)23-24(18-8-10-20(11-9-18)29(2)3)30(27(33)26(23)32)16-19-7-5-6-14-28-19/h5-15,24,31H,16H2,1-4H3/b25-23-. The molecule has 174 valence electrons. The summed E-state index contributed by atoms with van der Waals surface area (Å²) >= 11 is 0. The zero-order valence-electron chi connectivity index (χ0n) is 19.6. The Kier molecular flexibility index (Phi) is 6.36. The number of hydrogen-bond acceptors (Lipinski definition) is 6. The number of methoxy groups -OCH3 is 1. The minimum Gasteiger partial charge on any atom is -0.507 e. The van der Waals surface area contributed by atoms with Crippen molar-refractivity contribution in [1.29, 1.82) is 0 Å². The number of aryl methyl sites for hydroxylation is 1. The first-order valence-electron chi connectivity index (χ1n) is 10.9. The van der Waals surface area contributed by atoms with Crippen molar-refractivity contribution in [3.8, 4) is 5.75 Å². The molecular formula is C27H27N3O4. The summed E-state index contributed by atoms with van der Waals surface area (Å²) in [5.74, 6) is -0.949. The van der Waals surface area contributed by atoms with Crippen molar-refractivity contribution in [3.05, 3.63) is 94.8 Å². The molecule has 1 aliphatic rings. The molecule has 2 aromatic carbocycles. The lowest BCUT2D eigenvalue weighted by Gasteiger charge is -2.25. The van der Waals surface area contributed by atoms with E-state index >= 15 is 0 Å². The van der Waals surface area contributed by atoms with Crippen molar-refractivity contribution in [1.82, 2.24) is 9.88 Å². The molecule has 0 saturated carbocycles. The van der Waals surface area contributed by atoms with E-state index in [0.717, 1.165) is 16.8 Å². The van der Waals surface area contributed by atoms with Crippen LogP contribution >= 0.6 is 0 Å². The third-order valence-corrected chi connectivity index (χ3v) is 6.01. The molecule has 1 amide bonds. The van der Waals surface area contributed by atoms with Gasteiger partial charge in [0.25, 0.3) is 11.7 Å². The van der Waals surface area contributed by atoms with Crippen LogP contribution in [0.2, 0.25) is 0 Å². The third kappa shape index (κ3) is 4.24. The second-order valence-corrected chi connectivity index (χ2v) is 8.41. The molecule has 3 aromatic rings. The maximum Gasteiger partial charge on any atom is 0.296 e. The molecule has 0 bridgehead atoms. The predicted octanol–water partition coefficient (Wildman–Crippen LogP) is 4.09. The van der Waals surface area contributed by atoms with Crippen molar-refractivity contribution in [3.63, 3.8) is 0 Å². The number of carbonyl (C=O) groups excluding carboxylic acids is 2. The van der Waals surface area contributed by atoms with Gasteiger partial charge >= 0.3 is 0 Å². The lowest BCUT2D eigenvalue weighted by molar-refractivity contribution is -0.140. The summed E-state index contributed by atoms with van der Waals surface area (Å²) in [5.41, 5.74) is 3.64. The van der Waals surface area contributed by atoms with Gasteiger partial charge in [-0.1, -0.05) is 18.2 Å². The quantitative estimate of drug-likeness (QED) is 0.341. The van der Waals surface area contributed by atoms with Gasteiger partial charge in [0.2, 0.25) is 0 Å². The molecule has 1 fully saturated rings. The molecular weight excluding hydrogens is 430 g/mol. The first-order valence-corrected chi connectivity index (χ1v) is 10.9. The number of Topliss-reactive ketones (excluding diaryl/α,β-unsaturated/α-hetero) is 1.